The van der Waals surface area contributed by atoms with Crippen LogP contribution in [0.15, 0.2) is 30.3 Å². The third-order valence-corrected chi connectivity index (χ3v) is 5.38. The molecule has 0 unspecified atom stereocenters. The number of nitrogens with one attached hydrogen (secondary N) is 2. The number of benzene rings is 1. The summed E-state index contributed by atoms with van der Waals surface area (Å²) in [5.74, 6) is 0.807. The molecule has 0 bridgehead atoms. The summed E-state index contributed by atoms with van der Waals surface area (Å²) in [6.07, 6.45) is 3.47. The Balaban J connectivity index is 1.77. The summed E-state index contributed by atoms with van der Waals surface area (Å²) in [6.45, 7) is 8.28. The molecule has 130 valence electrons. The summed E-state index contributed by atoms with van der Waals surface area (Å²) < 4.78 is 0. The van der Waals surface area contributed by atoms with Gasteiger partial charge < -0.3 is 10.2 Å². The quantitative estimate of drug-likeness (QED) is 0.833. The van der Waals surface area contributed by atoms with Gasteiger partial charge in [-0.05, 0) is 43.6 Å². The maximum atomic E-state index is 12.3. The number of carbonyl (C=O) groups is 1. The van der Waals surface area contributed by atoms with Gasteiger partial charge in [0, 0.05) is 0 Å². The van der Waals surface area contributed by atoms with Crippen LogP contribution in [0.25, 0.3) is 0 Å². The summed E-state index contributed by atoms with van der Waals surface area (Å²) in [6, 6.07) is 12.9. The number of carbonyl (C=O) groups excluding carboxylic acids is 1. The normalized spacial score (nSPS) is 23.3. The maximum absolute atomic E-state index is 12.3. The number of likely N-dealkylation sites (tertiary alicyclic amines) is 1. The Labute approximate surface area is 145 Å². The number of piperidine rings is 1. The predicted molar refractivity (Wildman–Crippen MR) is 95.4 cm³/mol. The minimum absolute atomic E-state index is 0.00995. The third kappa shape index (κ3) is 5.07. The van der Waals surface area contributed by atoms with Crippen molar-refractivity contribution in [1.82, 2.24) is 5.32 Å². The lowest BCUT2D eigenvalue weighted by molar-refractivity contribution is -0.898. The molecule has 1 aromatic carbocycles. The Morgan fingerprint density at radius 3 is 2.50 bits per heavy atom. The second-order valence-corrected chi connectivity index (χ2v) is 7.58. The Hall–Kier alpha value is -1.86. The van der Waals surface area contributed by atoms with Gasteiger partial charge in [0.15, 0.2) is 6.54 Å². The molecule has 0 radical (unpaired) electrons. The van der Waals surface area contributed by atoms with E-state index in [1.807, 2.05) is 13.8 Å². The van der Waals surface area contributed by atoms with E-state index in [-0.39, 0.29) is 11.8 Å². The smallest absolute Gasteiger partial charge is 0.276 e. The van der Waals surface area contributed by atoms with Gasteiger partial charge in [-0.2, -0.15) is 5.26 Å². The van der Waals surface area contributed by atoms with Crippen LogP contribution in [-0.2, 0) is 11.2 Å². The fourth-order valence-corrected chi connectivity index (χ4v) is 3.28. The molecule has 1 fully saturated rings. The molecule has 2 rings (SSSR count). The van der Waals surface area contributed by atoms with Gasteiger partial charge in [0.1, 0.15) is 5.54 Å². The predicted octanol–water partition coefficient (Wildman–Crippen LogP) is 1.58. The molecule has 0 saturated carbocycles. The molecule has 1 atom stereocenters. The number of hydrogen-bond acceptors (Lipinski definition) is 2. The topological polar surface area (TPSA) is 57.3 Å². The zero-order valence-electron chi connectivity index (χ0n) is 15.1. The van der Waals surface area contributed by atoms with Gasteiger partial charge in [-0.1, -0.05) is 44.2 Å². The molecular weight excluding hydrogens is 298 g/mol. The van der Waals surface area contributed by atoms with E-state index in [4.69, 9.17) is 0 Å². The number of hydrogen-bond donors (Lipinski definition) is 2. The minimum Gasteiger partial charge on any atom is -0.333 e. The Kier molecular flexibility index (Phi) is 6.39. The van der Waals surface area contributed by atoms with E-state index in [1.165, 1.54) is 10.5 Å². The lowest BCUT2D eigenvalue weighted by atomic mass is 9.89. The molecule has 1 saturated heterocycles. The van der Waals surface area contributed by atoms with Gasteiger partial charge in [0.2, 0.25) is 0 Å². The lowest BCUT2D eigenvalue weighted by Crippen LogP contribution is -3.14. The fraction of sp³-hybridized carbons (Fsp3) is 0.600. The van der Waals surface area contributed by atoms with E-state index in [1.54, 1.807) is 6.92 Å². The molecule has 1 heterocycles. The first-order chi connectivity index (χ1) is 11.4. The number of amides is 1. The van der Waals surface area contributed by atoms with Gasteiger partial charge in [-0.15, -0.1) is 0 Å². The summed E-state index contributed by atoms with van der Waals surface area (Å²) in [5.41, 5.74) is 0.632. The molecule has 0 spiro atoms. The van der Waals surface area contributed by atoms with E-state index >= 15 is 0 Å². The molecule has 1 aromatic rings. The van der Waals surface area contributed by atoms with E-state index in [0.717, 1.165) is 38.3 Å². The molecule has 2 N–H and O–H groups in total. The van der Waals surface area contributed by atoms with Crippen LogP contribution in [0.5, 0.6) is 0 Å². The summed E-state index contributed by atoms with van der Waals surface area (Å²) >= 11 is 0. The maximum Gasteiger partial charge on any atom is 0.276 e. The second kappa shape index (κ2) is 8.30. The highest BCUT2D eigenvalue weighted by atomic mass is 16.2. The van der Waals surface area contributed by atoms with Crippen LogP contribution in [0, 0.1) is 23.2 Å². The highest BCUT2D eigenvalue weighted by Gasteiger charge is 2.32. The Bertz CT molecular complexity index is 570. The highest BCUT2D eigenvalue weighted by molar-refractivity contribution is 5.78. The highest BCUT2D eigenvalue weighted by Crippen LogP contribution is 2.17. The van der Waals surface area contributed by atoms with Crippen LogP contribution in [-0.4, -0.2) is 31.1 Å². The lowest BCUT2D eigenvalue weighted by Gasteiger charge is -2.31. The molecule has 1 amide bonds. The first-order valence-corrected chi connectivity index (χ1v) is 9.02. The van der Waals surface area contributed by atoms with Crippen LogP contribution in [0.2, 0.25) is 0 Å². The van der Waals surface area contributed by atoms with Crippen LogP contribution in [0.1, 0.15) is 39.2 Å². The van der Waals surface area contributed by atoms with Crippen molar-refractivity contribution in [2.45, 2.75) is 45.6 Å². The molecule has 0 aliphatic carbocycles. The summed E-state index contributed by atoms with van der Waals surface area (Å²) in [5, 5.41) is 12.2. The molecule has 1 aliphatic heterocycles. The monoisotopic (exact) mass is 328 g/mol. The zero-order valence-corrected chi connectivity index (χ0v) is 15.1. The fourth-order valence-electron chi connectivity index (χ4n) is 3.28. The van der Waals surface area contributed by atoms with Crippen molar-refractivity contribution in [3.05, 3.63) is 35.9 Å². The molecule has 24 heavy (non-hydrogen) atoms. The van der Waals surface area contributed by atoms with Crippen LogP contribution in [0.3, 0.4) is 0 Å². The van der Waals surface area contributed by atoms with Crippen molar-refractivity contribution in [3.63, 3.8) is 0 Å². The molecule has 1 aliphatic rings. The van der Waals surface area contributed by atoms with E-state index in [2.05, 4.69) is 41.7 Å². The molecule has 4 nitrogen and oxygen atoms in total. The largest absolute Gasteiger partial charge is 0.333 e. The van der Waals surface area contributed by atoms with Gasteiger partial charge in [-0.3, -0.25) is 4.79 Å². The van der Waals surface area contributed by atoms with Crippen LogP contribution >= 0.6 is 0 Å². The second-order valence-electron chi connectivity index (χ2n) is 7.58. The van der Waals surface area contributed by atoms with Gasteiger partial charge in [0.05, 0.1) is 19.2 Å². The standard InChI is InChI=1S/C20H29N3O/c1-16(2)20(3,15-21)22-19(24)14-23-11-9-18(10-12-23)13-17-7-5-4-6-8-17/h4-8,16,18H,9-14H2,1-3H3,(H,22,24)/p+1/t20-/m1/s1. The first kappa shape index (κ1) is 18.5. The minimum atomic E-state index is -0.776. The van der Waals surface area contributed by atoms with Crippen LogP contribution in [0.4, 0.5) is 0 Å². The first-order valence-electron chi connectivity index (χ1n) is 9.02. The SMILES string of the molecule is CC(C)[C@@](C)(C#N)NC(=O)C[NH+]1CCC(Cc2ccccc2)CC1. The van der Waals surface area contributed by atoms with Crippen molar-refractivity contribution in [2.75, 3.05) is 19.6 Å². The molecule has 4 heteroatoms. The molecular formula is C20H30N3O+. The Morgan fingerprint density at radius 1 is 1.33 bits per heavy atom. The Morgan fingerprint density at radius 2 is 1.96 bits per heavy atom. The summed E-state index contributed by atoms with van der Waals surface area (Å²) in [4.78, 5) is 13.6. The van der Waals surface area contributed by atoms with Crippen molar-refractivity contribution >= 4 is 5.91 Å². The van der Waals surface area contributed by atoms with E-state index in [0.29, 0.717) is 6.54 Å². The number of rotatable bonds is 6. The van der Waals surface area contributed by atoms with Crippen molar-refractivity contribution in [2.24, 2.45) is 11.8 Å². The average molecular weight is 328 g/mol. The summed E-state index contributed by atoms with van der Waals surface area (Å²) in [7, 11) is 0. The van der Waals surface area contributed by atoms with E-state index < -0.39 is 5.54 Å². The van der Waals surface area contributed by atoms with Gasteiger partial charge in [-0.25, -0.2) is 0 Å². The van der Waals surface area contributed by atoms with Crippen molar-refractivity contribution in [3.8, 4) is 6.07 Å². The molecule has 0 aromatic heterocycles. The average Bonchev–Trinajstić information content (AvgIpc) is 2.57. The van der Waals surface area contributed by atoms with Crippen molar-refractivity contribution in [1.29, 1.82) is 5.26 Å². The number of quaternary nitrogens is 1. The number of nitrogens with zero attached hydrogens (tertiary/aromatic N) is 1. The van der Waals surface area contributed by atoms with Gasteiger partial charge >= 0.3 is 0 Å². The van der Waals surface area contributed by atoms with E-state index in [9.17, 15) is 10.1 Å². The van der Waals surface area contributed by atoms with Crippen molar-refractivity contribution < 1.29 is 9.69 Å². The van der Waals surface area contributed by atoms with Crippen LogP contribution < -0.4 is 10.2 Å². The zero-order chi connectivity index (χ0) is 17.6. The number of nitriles is 1. The third-order valence-electron chi connectivity index (χ3n) is 5.38. The van der Waals surface area contributed by atoms with Gasteiger partial charge in [0.25, 0.3) is 5.91 Å².